The van der Waals surface area contributed by atoms with Crippen LogP contribution in [0.5, 0.6) is 0 Å². The van der Waals surface area contributed by atoms with Crippen LogP contribution >= 0.6 is 0 Å². The van der Waals surface area contributed by atoms with Gasteiger partial charge in [-0.3, -0.25) is 4.79 Å². The van der Waals surface area contributed by atoms with Gasteiger partial charge in [0.25, 0.3) is 0 Å². The highest BCUT2D eigenvalue weighted by molar-refractivity contribution is 6.18. The largest absolute Gasteiger partial charge is 0.465 e. The first-order valence-corrected chi connectivity index (χ1v) is 10.7. The van der Waals surface area contributed by atoms with Gasteiger partial charge < -0.3 is 13.6 Å². The number of fused-ring (bicyclic) bond motifs is 5. The van der Waals surface area contributed by atoms with E-state index in [9.17, 15) is 19.2 Å². The van der Waals surface area contributed by atoms with Gasteiger partial charge in [0.15, 0.2) is 5.78 Å². The van der Waals surface area contributed by atoms with Crippen LogP contribution in [0, 0.1) is 6.92 Å². The number of allylic oxidation sites excluding steroid dienone is 1. The number of carbonyl (C=O) groups excluding carboxylic acids is 2. The molecule has 0 amide bonds. The second kappa shape index (κ2) is 8.53. The zero-order valence-corrected chi connectivity index (χ0v) is 18.8. The second-order valence-corrected chi connectivity index (χ2v) is 8.00. The Balaban J connectivity index is 1.86. The molecule has 3 aromatic carbocycles. The van der Waals surface area contributed by atoms with E-state index in [0.717, 1.165) is 5.56 Å². The molecule has 0 aliphatic rings. The van der Waals surface area contributed by atoms with Gasteiger partial charge in [0, 0.05) is 33.2 Å². The molecule has 0 bridgehead atoms. The molecule has 0 saturated heterocycles. The zero-order valence-electron chi connectivity index (χ0n) is 18.8. The van der Waals surface area contributed by atoms with Crippen molar-refractivity contribution in [2.24, 2.45) is 0 Å². The molecule has 7 nitrogen and oxygen atoms in total. The number of hydrogen-bond donors (Lipinski definition) is 0. The predicted octanol–water partition coefficient (Wildman–Crippen LogP) is 5.04. The fourth-order valence-electron chi connectivity index (χ4n) is 4.15. The van der Waals surface area contributed by atoms with Gasteiger partial charge in [-0.15, -0.1) is 0 Å². The van der Waals surface area contributed by atoms with Gasteiger partial charge in [0.2, 0.25) is 0 Å². The normalized spacial score (nSPS) is 11.5. The summed E-state index contributed by atoms with van der Waals surface area (Å²) < 4.78 is 15.8. The monoisotopic (exact) mass is 466 g/mol. The Bertz CT molecular complexity index is 1810. The molecule has 2 aromatic heterocycles. The lowest BCUT2D eigenvalue weighted by atomic mass is 9.96. The number of methoxy groups -OCH3 is 1. The molecule has 0 aliphatic carbocycles. The van der Waals surface area contributed by atoms with E-state index in [4.69, 9.17) is 8.83 Å². The molecule has 35 heavy (non-hydrogen) atoms. The summed E-state index contributed by atoms with van der Waals surface area (Å²) in [6.07, 6.45) is 3.03. The summed E-state index contributed by atoms with van der Waals surface area (Å²) in [5.41, 5.74) is 0.671. The first-order chi connectivity index (χ1) is 16.9. The van der Waals surface area contributed by atoms with E-state index in [2.05, 4.69) is 4.74 Å². The quantitative estimate of drug-likeness (QED) is 0.120. The van der Waals surface area contributed by atoms with Crippen LogP contribution in [0.15, 0.2) is 85.2 Å². The van der Waals surface area contributed by atoms with Crippen molar-refractivity contribution in [2.45, 2.75) is 6.92 Å². The van der Waals surface area contributed by atoms with E-state index in [1.807, 2.05) is 6.07 Å². The molecule has 7 heteroatoms. The lowest BCUT2D eigenvalue weighted by molar-refractivity contribution is 0.0596. The summed E-state index contributed by atoms with van der Waals surface area (Å²) in [5, 5.41) is 2.14. The Morgan fingerprint density at radius 2 is 1.63 bits per heavy atom. The van der Waals surface area contributed by atoms with E-state index in [0.29, 0.717) is 38.3 Å². The Hall–Kier alpha value is -4.78. The number of ether oxygens (including phenoxy) is 1. The van der Waals surface area contributed by atoms with Crippen molar-refractivity contribution in [3.8, 4) is 0 Å². The van der Waals surface area contributed by atoms with Crippen LogP contribution in [-0.4, -0.2) is 18.9 Å². The second-order valence-electron chi connectivity index (χ2n) is 8.00. The fourth-order valence-corrected chi connectivity index (χ4v) is 4.15. The maximum absolute atomic E-state index is 12.7. The third-order valence-corrected chi connectivity index (χ3v) is 5.82. The molecule has 0 saturated carbocycles. The van der Waals surface area contributed by atoms with E-state index in [1.54, 1.807) is 55.5 Å². The molecule has 5 aromatic rings. The molecule has 5 rings (SSSR count). The van der Waals surface area contributed by atoms with Gasteiger partial charge in [-0.1, -0.05) is 42.5 Å². The van der Waals surface area contributed by atoms with Crippen molar-refractivity contribution in [3.63, 3.8) is 0 Å². The minimum Gasteiger partial charge on any atom is -0.465 e. The van der Waals surface area contributed by atoms with Crippen molar-refractivity contribution >= 4 is 50.5 Å². The molecule has 0 unspecified atom stereocenters. The Morgan fingerprint density at radius 1 is 0.886 bits per heavy atom. The summed E-state index contributed by atoms with van der Waals surface area (Å²) in [5.74, 6) is -1.04. The number of ketones is 1. The van der Waals surface area contributed by atoms with Gasteiger partial charge in [0.1, 0.15) is 16.7 Å². The van der Waals surface area contributed by atoms with Crippen molar-refractivity contribution in [1.29, 1.82) is 0 Å². The van der Waals surface area contributed by atoms with Gasteiger partial charge in [0.05, 0.1) is 7.11 Å². The first-order valence-electron chi connectivity index (χ1n) is 10.7. The molecule has 0 fully saturated rings. The summed E-state index contributed by atoms with van der Waals surface area (Å²) in [6, 6.07) is 16.8. The molecule has 0 N–H and O–H groups in total. The van der Waals surface area contributed by atoms with Crippen LogP contribution < -0.4 is 11.3 Å². The van der Waals surface area contributed by atoms with Crippen LogP contribution in [0.2, 0.25) is 0 Å². The third kappa shape index (κ3) is 3.83. The van der Waals surface area contributed by atoms with Crippen molar-refractivity contribution in [1.82, 2.24) is 0 Å². The number of esters is 1. The van der Waals surface area contributed by atoms with E-state index < -0.39 is 17.2 Å². The number of aryl methyl sites for hydroxylation is 1. The summed E-state index contributed by atoms with van der Waals surface area (Å²) in [4.78, 5) is 49.5. The Labute approximate surface area is 197 Å². The lowest BCUT2D eigenvalue weighted by Crippen LogP contribution is -2.15. The summed E-state index contributed by atoms with van der Waals surface area (Å²) in [6.45, 7) is 1.79. The van der Waals surface area contributed by atoms with E-state index in [1.165, 1.54) is 25.3 Å². The van der Waals surface area contributed by atoms with Crippen LogP contribution in [0.3, 0.4) is 0 Å². The van der Waals surface area contributed by atoms with Gasteiger partial charge in [-0.25, -0.2) is 14.4 Å². The Kier molecular flexibility index (Phi) is 5.37. The van der Waals surface area contributed by atoms with E-state index >= 15 is 0 Å². The van der Waals surface area contributed by atoms with Crippen LogP contribution in [0.4, 0.5) is 0 Å². The van der Waals surface area contributed by atoms with Crippen LogP contribution in [-0.2, 0) is 4.74 Å². The number of hydrogen-bond acceptors (Lipinski definition) is 7. The number of benzene rings is 3. The SMILES string of the molecule is COC(=O)c1cc2cc(/C=C/C(=O)c3ccccc3)c3c(ccc4c(C)cc(=O)oc43)c2oc1=O. The lowest BCUT2D eigenvalue weighted by Gasteiger charge is -2.11. The minimum atomic E-state index is -0.848. The average molecular weight is 466 g/mol. The summed E-state index contributed by atoms with van der Waals surface area (Å²) in [7, 11) is 1.17. The van der Waals surface area contributed by atoms with Crippen molar-refractivity contribution in [2.75, 3.05) is 7.11 Å². The van der Waals surface area contributed by atoms with Crippen LogP contribution in [0.25, 0.3) is 38.8 Å². The van der Waals surface area contributed by atoms with Crippen molar-refractivity contribution < 1.29 is 23.2 Å². The maximum atomic E-state index is 12.7. The first kappa shape index (κ1) is 22.0. The van der Waals surface area contributed by atoms with Crippen LogP contribution in [0.1, 0.15) is 31.8 Å². The molecular formula is C28H18O7. The highest BCUT2D eigenvalue weighted by Gasteiger charge is 2.19. The predicted molar refractivity (Wildman–Crippen MR) is 132 cm³/mol. The minimum absolute atomic E-state index is 0.216. The number of rotatable bonds is 4. The zero-order chi connectivity index (χ0) is 24.7. The highest BCUT2D eigenvalue weighted by Crippen LogP contribution is 2.35. The van der Waals surface area contributed by atoms with E-state index in [-0.39, 0.29) is 16.9 Å². The molecule has 0 spiro atoms. The number of carbonyl (C=O) groups is 2. The molecule has 0 atom stereocenters. The van der Waals surface area contributed by atoms with Gasteiger partial charge in [-0.05, 0) is 42.3 Å². The molecule has 172 valence electrons. The molecule has 2 heterocycles. The smallest absolute Gasteiger partial charge is 0.351 e. The molecule has 0 radical (unpaired) electrons. The Morgan fingerprint density at radius 3 is 2.37 bits per heavy atom. The molecular weight excluding hydrogens is 448 g/mol. The topological polar surface area (TPSA) is 104 Å². The highest BCUT2D eigenvalue weighted by atomic mass is 16.5. The molecule has 0 aliphatic heterocycles. The van der Waals surface area contributed by atoms with Crippen molar-refractivity contribution in [3.05, 3.63) is 110 Å². The maximum Gasteiger partial charge on any atom is 0.351 e. The third-order valence-electron chi connectivity index (χ3n) is 5.82. The average Bonchev–Trinajstić information content (AvgIpc) is 2.86. The standard InChI is InChI=1S/C28H18O7/c1-15-12-23(30)34-26-19(15)9-10-20-24(26)17(8-11-22(29)16-6-4-3-5-7-16)13-18-14-21(27(31)33-2)28(32)35-25(18)20/h3-14H,1-2H3/b11-8+. The van der Waals surface area contributed by atoms with Gasteiger partial charge >= 0.3 is 17.2 Å². The summed E-state index contributed by atoms with van der Waals surface area (Å²) >= 11 is 0. The fraction of sp³-hybridized carbons (Fsp3) is 0.0714. The van der Waals surface area contributed by atoms with Gasteiger partial charge in [-0.2, -0.15) is 0 Å².